The van der Waals surface area contributed by atoms with Crippen molar-refractivity contribution in [1.82, 2.24) is 0 Å². The normalized spacial score (nSPS) is 32.6. The fraction of sp³-hybridized carbons (Fsp3) is 0.609. The Bertz CT molecular complexity index is 874. The second kappa shape index (κ2) is 7.15. The van der Waals surface area contributed by atoms with Gasteiger partial charge in [-0.15, -0.1) is 0 Å². The highest BCUT2D eigenvalue weighted by atomic mass is 16.6. The summed E-state index contributed by atoms with van der Waals surface area (Å²) in [5, 5.41) is 0. The van der Waals surface area contributed by atoms with E-state index in [1.54, 1.807) is 7.11 Å². The summed E-state index contributed by atoms with van der Waals surface area (Å²) in [7, 11) is 1.58. The van der Waals surface area contributed by atoms with Crippen LogP contribution in [0.15, 0.2) is 12.1 Å². The molecule has 6 heteroatoms. The van der Waals surface area contributed by atoms with Crippen LogP contribution >= 0.6 is 0 Å². The second-order valence-corrected chi connectivity index (χ2v) is 8.87. The predicted molar refractivity (Wildman–Crippen MR) is 105 cm³/mol. The fourth-order valence-corrected chi connectivity index (χ4v) is 6.04. The molecule has 6 nitrogen and oxygen atoms in total. The number of methoxy groups -OCH3 is 1. The van der Waals surface area contributed by atoms with Crippen molar-refractivity contribution >= 4 is 17.7 Å². The lowest BCUT2D eigenvalue weighted by Crippen LogP contribution is -2.43. The molecule has 4 rings (SSSR count). The van der Waals surface area contributed by atoms with Gasteiger partial charge in [0.05, 0.1) is 7.11 Å². The Morgan fingerprint density at radius 1 is 1.10 bits per heavy atom. The second-order valence-electron chi connectivity index (χ2n) is 8.87. The summed E-state index contributed by atoms with van der Waals surface area (Å²) >= 11 is 0. The first-order valence-electron chi connectivity index (χ1n) is 10.4. The SMILES string of the molecule is COc1cc2c(cc1OC(C)=O)CC[C@@H]1[C@@H]2CC[C@]2(C)C(=O)[C@H](OC(C)=O)C[C@@H]12. The molecule has 3 aliphatic rings. The number of carbonyl (C=O) groups excluding carboxylic acids is 3. The van der Waals surface area contributed by atoms with E-state index in [2.05, 4.69) is 6.92 Å². The van der Waals surface area contributed by atoms with Gasteiger partial charge in [0.1, 0.15) is 0 Å². The molecule has 29 heavy (non-hydrogen) atoms. The van der Waals surface area contributed by atoms with Gasteiger partial charge in [-0.2, -0.15) is 0 Å². The van der Waals surface area contributed by atoms with Gasteiger partial charge in [0.15, 0.2) is 23.4 Å². The molecular weight excluding hydrogens is 372 g/mol. The Hall–Kier alpha value is -2.37. The monoisotopic (exact) mass is 400 g/mol. The number of benzene rings is 1. The Morgan fingerprint density at radius 2 is 1.86 bits per heavy atom. The van der Waals surface area contributed by atoms with Gasteiger partial charge >= 0.3 is 11.9 Å². The highest BCUT2D eigenvalue weighted by molar-refractivity contribution is 5.93. The molecule has 1 aromatic rings. The minimum absolute atomic E-state index is 0.0877. The minimum atomic E-state index is -0.608. The molecule has 1 aromatic carbocycles. The average Bonchev–Trinajstić information content (AvgIpc) is 2.91. The topological polar surface area (TPSA) is 78.9 Å². The van der Waals surface area contributed by atoms with Crippen LogP contribution in [0.4, 0.5) is 0 Å². The fourth-order valence-electron chi connectivity index (χ4n) is 6.04. The molecule has 156 valence electrons. The van der Waals surface area contributed by atoms with Gasteiger partial charge in [0, 0.05) is 19.3 Å². The van der Waals surface area contributed by atoms with Crippen molar-refractivity contribution in [3.05, 3.63) is 23.3 Å². The lowest BCUT2D eigenvalue weighted by molar-refractivity contribution is -0.153. The van der Waals surface area contributed by atoms with Crippen molar-refractivity contribution in [3.63, 3.8) is 0 Å². The van der Waals surface area contributed by atoms with Gasteiger partial charge in [-0.25, -0.2) is 0 Å². The molecule has 0 saturated heterocycles. The molecule has 0 amide bonds. The first-order valence-corrected chi connectivity index (χ1v) is 10.4. The van der Waals surface area contributed by atoms with E-state index in [9.17, 15) is 14.4 Å². The summed E-state index contributed by atoms with van der Waals surface area (Å²) in [6.07, 6.45) is 3.57. The highest BCUT2D eigenvalue weighted by Crippen LogP contribution is 2.60. The van der Waals surface area contributed by atoms with Crippen LogP contribution in [0.3, 0.4) is 0 Å². The lowest BCUT2D eigenvalue weighted by atomic mass is 9.55. The van der Waals surface area contributed by atoms with E-state index in [0.717, 1.165) is 25.7 Å². The summed E-state index contributed by atoms with van der Waals surface area (Å²) < 4.78 is 16.2. The Morgan fingerprint density at radius 3 is 2.52 bits per heavy atom. The number of rotatable bonds is 3. The van der Waals surface area contributed by atoms with Gasteiger partial charge in [-0.05, 0) is 73.1 Å². The molecule has 0 spiro atoms. The van der Waals surface area contributed by atoms with Crippen LogP contribution in [-0.2, 0) is 25.5 Å². The minimum Gasteiger partial charge on any atom is -0.493 e. The Balaban J connectivity index is 1.66. The van der Waals surface area contributed by atoms with Gasteiger partial charge in [0.25, 0.3) is 0 Å². The molecule has 0 aliphatic heterocycles. The van der Waals surface area contributed by atoms with Crippen LogP contribution in [0.5, 0.6) is 11.5 Å². The molecule has 2 saturated carbocycles. The van der Waals surface area contributed by atoms with Gasteiger partial charge in [-0.1, -0.05) is 6.92 Å². The first kappa shape index (κ1) is 19.9. The summed E-state index contributed by atoms with van der Waals surface area (Å²) in [6, 6.07) is 3.94. The standard InChI is InChI=1S/C23H28O6/c1-12(24)28-20-9-14-5-6-16-15(17(14)10-19(20)27-4)7-8-23(3)18(16)11-21(22(23)26)29-13(2)25/h9-10,15-16,18,21H,5-8,11H2,1-4H3/t15-,16+,18-,21+,23-/m0/s1. The third-order valence-electron chi connectivity index (χ3n) is 7.28. The van der Waals surface area contributed by atoms with Crippen molar-refractivity contribution in [2.45, 2.75) is 64.9 Å². The van der Waals surface area contributed by atoms with Gasteiger partial charge < -0.3 is 14.2 Å². The molecule has 0 unspecified atom stereocenters. The van der Waals surface area contributed by atoms with Crippen LogP contribution in [0.2, 0.25) is 0 Å². The largest absolute Gasteiger partial charge is 0.493 e. The van der Waals surface area contributed by atoms with Crippen molar-refractivity contribution in [3.8, 4) is 11.5 Å². The van der Waals surface area contributed by atoms with Crippen LogP contribution in [0.1, 0.15) is 63.5 Å². The van der Waals surface area contributed by atoms with E-state index >= 15 is 0 Å². The number of esters is 2. The van der Waals surface area contributed by atoms with Crippen LogP contribution in [-0.4, -0.2) is 30.9 Å². The third kappa shape index (κ3) is 3.22. The molecule has 0 bridgehead atoms. The van der Waals surface area contributed by atoms with E-state index in [-0.39, 0.29) is 23.6 Å². The molecule has 5 atom stereocenters. The zero-order valence-electron chi connectivity index (χ0n) is 17.4. The molecular formula is C23H28O6. The maximum atomic E-state index is 13.0. The number of hydrogen-bond donors (Lipinski definition) is 0. The first-order chi connectivity index (χ1) is 13.7. The molecule has 3 aliphatic carbocycles. The summed E-state index contributed by atoms with van der Waals surface area (Å²) in [5.74, 6) is 1.27. The van der Waals surface area contributed by atoms with Crippen molar-refractivity contribution < 1.29 is 28.6 Å². The molecule has 0 heterocycles. The summed E-state index contributed by atoms with van der Waals surface area (Å²) in [5.41, 5.74) is 2.01. The van der Waals surface area contributed by atoms with Crippen LogP contribution in [0, 0.1) is 17.3 Å². The van der Waals surface area contributed by atoms with Crippen LogP contribution in [0.25, 0.3) is 0 Å². The molecule has 2 fully saturated rings. The molecule has 0 N–H and O–H groups in total. The molecule has 0 aromatic heterocycles. The maximum absolute atomic E-state index is 13.0. The Kier molecular flexibility index (Phi) is 4.91. The van der Waals surface area contributed by atoms with Crippen molar-refractivity contribution in [2.24, 2.45) is 17.3 Å². The lowest BCUT2D eigenvalue weighted by Gasteiger charge is -2.48. The third-order valence-corrected chi connectivity index (χ3v) is 7.28. The summed E-state index contributed by atoms with van der Waals surface area (Å²) in [6.45, 7) is 4.80. The zero-order chi connectivity index (χ0) is 20.9. The van der Waals surface area contributed by atoms with Gasteiger partial charge in [0.2, 0.25) is 0 Å². The number of Topliss-reactive ketones (excluding diaryl/α,β-unsaturated/α-hetero) is 1. The molecule has 0 radical (unpaired) electrons. The van der Waals surface area contributed by atoms with Crippen molar-refractivity contribution in [2.75, 3.05) is 7.11 Å². The van der Waals surface area contributed by atoms with Crippen molar-refractivity contribution in [1.29, 1.82) is 0 Å². The Labute approximate surface area is 170 Å². The number of carbonyl (C=O) groups is 3. The number of fused-ring (bicyclic) bond motifs is 5. The predicted octanol–water partition coefficient (Wildman–Crippen LogP) is 3.59. The van der Waals surface area contributed by atoms with E-state index in [0.29, 0.717) is 29.8 Å². The highest BCUT2D eigenvalue weighted by Gasteiger charge is 2.59. The number of hydrogen-bond acceptors (Lipinski definition) is 6. The number of aryl methyl sites for hydroxylation is 1. The smallest absolute Gasteiger partial charge is 0.308 e. The number of ether oxygens (including phenoxy) is 3. The summed E-state index contributed by atoms with van der Waals surface area (Å²) in [4.78, 5) is 35.9. The van der Waals surface area contributed by atoms with E-state index < -0.39 is 11.5 Å². The van der Waals surface area contributed by atoms with E-state index in [1.165, 1.54) is 25.0 Å². The van der Waals surface area contributed by atoms with Crippen LogP contribution < -0.4 is 9.47 Å². The average molecular weight is 400 g/mol. The maximum Gasteiger partial charge on any atom is 0.308 e. The zero-order valence-corrected chi connectivity index (χ0v) is 17.4. The number of ketones is 1. The van der Waals surface area contributed by atoms with E-state index in [1.807, 2.05) is 12.1 Å². The van der Waals surface area contributed by atoms with Gasteiger partial charge in [-0.3, -0.25) is 14.4 Å². The van der Waals surface area contributed by atoms with E-state index in [4.69, 9.17) is 14.2 Å². The quantitative estimate of drug-likeness (QED) is 0.570.